The van der Waals surface area contributed by atoms with Crippen molar-refractivity contribution >= 4 is 21.7 Å². The smallest absolute Gasteiger partial charge is 0.164 e. The molecule has 5 heterocycles. The molecule has 10 rings (SSSR count). The van der Waals surface area contributed by atoms with Gasteiger partial charge in [-0.1, -0.05) is 115 Å². The number of rotatable bonds is 7. The highest BCUT2D eigenvalue weighted by Crippen LogP contribution is 2.37. The Balaban J connectivity index is 1.05. The van der Waals surface area contributed by atoms with Crippen molar-refractivity contribution in [2.75, 3.05) is 0 Å². The quantitative estimate of drug-likeness (QED) is 0.162. The van der Waals surface area contributed by atoms with Gasteiger partial charge in [0.25, 0.3) is 0 Å². The van der Waals surface area contributed by atoms with E-state index in [1.165, 1.54) is 0 Å². The summed E-state index contributed by atoms with van der Waals surface area (Å²) >= 11 is 0. The van der Waals surface area contributed by atoms with Gasteiger partial charge in [0.2, 0.25) is 0 Å². The molecule has 5 aromatic carbocycles. The third-order valence-corrected chi connectivity index (χ3v) is 9.84. The normalized spacial score (nSPS) is 11.2. The number of fused-ring (bicyclic) bond motifs is 2. The van der Waals surface area contributed by atoms with E-state index in [9.17, 15) is 0 Å². The molecule has 7 nitrogen and oxygen atoms in total. The summed E-state index contributed by atoms with van der Waals surface area (Å²) in [5.41, 5.74) is 10.9. The SMILES string of the molecule is c1ccc(-c2nc(-c3ccccc3)nc(-c3ccc(-c4ccc5cc(-c6cc(-c7ccccn7)nc(-c7ccccn7)c6)ccc5n4)c4ccccc34)n2)cc1. The number of hydrogen-bond acceptors (Lipinski definition) is 7. The molecular weight excluding hydrogens is 687 g/mol. The molecule has 0 atom stereocenters. The summed E-state index contributed by atoms with van der Waals surface area (Å²) in [4.78, 5) is 34.2. The Bertz CT molecular complexity index is 2890. The Hall–Kier alpha value is -7.77. The van der Waals surface area contributed by atoms with Gasteiger partial charge in [-0.3, -0.25) is 9.97 Å². The third kappa shape index (κ3) is 6.33. The van der Waals surface area contributed by atoms with Crippen LogP contribution in [0.5, 0.6) is 0 Å². The fourth-order valence-electron chi connectivity index (χ4n) is 7.09. The van der Waals surface area contributed by atoms with Crippen molar-refractivity contribution in [2.45, 2.75) is 0 Å². The highest BCUT2D eigenvalue weighted by atomic mass is 15.0. The lowest BCUT2D eigenvalue weighted by Crippen LogP contribution is -2.00. The molecule has 5 aromatic heterocycles. The van der Waals surface area contributed by atoms with Crippen LogP contribution in [-0.2, 0) is 0 Å². The molecule has 0 aliphatic heterocycles. The number of aromatic nitrogens is 7. The first-order valence-corrected chi connectivity index (χ1v) is 18.4. The minimum Gasteiger partial charge on any atom is -0.255 e. The maximum atomic E-state index is 5.20. The molecule has 0 aliphatic carbocycles. The summed E-state index contributed by atoms with van der Waals surface area (Å²) in [6, 6.07) is 59.3. The van der Waals surface area contributed by atoms with E-state index in [0.717, 1.165) is 83.5 Å². The van der Waals surface area contributed by atoms with Gasteiger partial charge in [0.1, 0.15) is 0 Å². The van der Waals surface area contributed by atoms with E-state index in [2.05, 4.69) is 88.8 Å². The first kappa shape index (κ1) is 32.8. The second-order valence-corrected chi connectivity index (χ2v) is 13.4. The lowest BCUT2D eigenvalue weighted by molar-refractivity contribution is 1.08. The van der Waals surface area contributed by atoms with Crippen LogP contribution in [0, 0.1) is 0 Å². The number of nitrogens with zero attached hydrogens (tertiary/aromatic N) is 7. The lowest BCUT2D eigenvalue weighted by atomic mass is 9.96. The fraction of sp³-hybridized carbons (Fsp3) is 0. The van der Waals surface area contributed by atoms with Gasteiger partial charge in [0.05, 0.1) is 34.0 Å². The Morgan fingerprint density at radius 2 is 0.839 bits per heavy atom. The average molecular weight is 718 g/mol. The van der Waals surface area contributed by atoms with E-state index >= 15 is 0 Å². The van der Waals surface area contributed by atoms with Crippen molar-refractivity contribution in [2.24, 2.45) is 0 Å². The molecule has 262 valence electrons. The molecule has 0 aliphatic rings. The van der Waals surface area contributed by atoms with E-state index in [1.807, 2.05) is 97.1 Å². The van der Waals surface area contributed by atoms with Gasteiger partial charge >= 0.3 is 0 Å². The number of hydrogen-bond donors (Lipinski definition) is 0. The third-order valence-electron chi connectivity index (χ3n) is 9.84. The minimum atomic E-state index is 0.618. The van der Waals surface area contributed by atoms with Crippen LogP contribution in [0.2, 0.25) is 0 Å². The summed E-state index contributed by atoms with van der Waals surface area (Å²) in [5, 5.41) is 3.14. The second-order valence-electron chi connectivity index (χ2n) is 13.4. The zero-order chi connectivity index (χ0) is 37.3. The standard InChI is InChI=1S/C49H31N7/c1-3-13-32(14-4-1)47-54-48(33-15-5-2-6-16-33)56-49(55-47)40-24-23-39(37-17-7-8-18-38(37)40)42-26-22-35-29-34(21-25-41(35)52-42)36-30-45(43-19-9-11-27-50-43)53-46(31-36)44-20-10-12-28-51-44/h1-31H. The van der Waals surface area contributed by atoms with Gasteiger partial charge in [-0.05, 0) is 82.6 Å². The van der Waals surface area contributed by atoms with E-state index in [4.69, 9.17) is 24.9 Å². The first-order chi connectivity index (χ1) is 27.7. The van der Waals surface area contributed by atoms with Crippen LogP contribution in [0.25, 0.3) is 101 Å². The number of pyridine rings is 4. The van der Waals surface area contributed by atoms with Gasteiger partial charge < -0.3 is 0 Å². The van der Waals surface area contributed by atoms with Crippen molar-refractivity contribution in [1.82, 2.24) is 34.9 Å². The molecule has 10 aromatic rings. The Labute approximate surface area is 323 Å². The monoisotopic (exact) mass is 717 g/mol. The topological polar surface area (TPSA) is 90.2 Å². The van der Waals surface area contributed by atoms with Crippen LogP contribution in [-0.4, -0.2) is 34.9 Å². The molecule has 0 spiro atoms. The van der Waals surface area contributed by atoms with Crippen molar-refractivity contribution < 1.29 is 0 Å². The van der Waals surface area contributed by atoms with Crippen molar-refractivity contribution in [1.29, 1.82) is 0 Å². The van der Waals surface area contributed by atoms with Crippen molar-refractivity contribution in [3.63, 3.8) is 0 Å². The fourth-order valence-corrected chi connectivity index (χ4v) is 7.09. The van der Waals surface area contributed by atoms with Crippen LogP contribution >= 0.6 is 0 Å². The van der Waals surface area contributed by atoms with Gasteiger partial charge in [-0.15, -0.1) is 0 Å². The number of benzene rings is 5. The van der Waals surface area contributed by atoms with E-state index < -0.39 is 0 Å². The molecule has 0 N–H and O–H groups in total. The van der Waals surface area contributed by atoms with Crippen molar-refractivity contribution in [3.05, 3.63) is 188 Å². The molecule has 0 unspecified atom stereocenters. The highest BCUT2D eigenvalue weighted by molar-refractivity contribution is 6.04. The summed E-state index contributed by atoms with van der Waals surface area (Å²) in [6.45, 7) is 0. The maximum absolute atomic E-state index is 5.20. The first-order valence-electron chi connectivity index (χ1n) is 18.4. The molecule has 7 heteroatoms. The van der Waals surface area contributed by atoms with Gasteiger partial charge in [0, 0.05) is 40.0 Å². The van der Waals surface area contributed by atoms with Crippen LogP contribution < -0.4 is 0 Å². The zero-order valence-corrected chi connectivity index (χ0v) is 30.0. The Kier molecular flexibility index (Phi) is 8.35. The molecule has 0 radical (unpaired) electrons. The summed E-state index contributed by atoms with van der Waals surface area (Å²) in [5.74, 6) is 1.88. The Morgan fingerprint density at radius 3 is 1.45 bits per heavy atom. The molecular formula is C49H31N7. The van der Waals surface area contributed by atoms with Crippen LogP contribution in [0.1, 0.15) is 0 Å². The molecule has 0 fully saturated rings. The highest BCUT2D eigenvalue weighted by Gasteiger charge is 2.17. The van der Waals surface area contributed by atoms with E-state index in [1.54, 1.807) is 12.4 Å². The van der Waals surface area contributed by atoms with Gasteiger partial charge in [-0.25, -0.2) is 24.9 Å². The molecule has 0 bridgehead atoms. The van der Waals surface area contributed by atoms with Crippen LogP contribution in [0.15, 0.2) is 188 Å². The summed E-state index contributed by atoms with van der Waals surface area (Å²) < 4.78 is 0. The van der Waals surface area contributed by atoms with Gasteiger partial charge in [0.15, 0.2) is 17.5 Å². The Morgan fingerprint density at radius 1 is 0.286 bits per heavy atom. The molecule has 56 heavy (non-hydrogen) atoms. The minimum absolute atomic E-state index is 0.618. The molecule has 0 saturated carbocycles. The molecule has 0 amide bonds. The summed E-state index contributed by atoms with van der Waals surface area (Å²) in [7, 11) is 0. The van der Waals surface area contributed by atoms with Crippen LogP contribution in [0.3, 0.4) is 0 Å². The maximum Gasteiger partial charge on any atom is 0.164 e. The van der Waals surface area contributed by atoms with Crippen LogP contribution in [0.4, 0.5) is 0 Å². The molecule has 0 saturated heterocycles. The predicted octanol–water partition coefficient (Wildman–Crippen LogP) is 11.4. The predicted molar refractivity (Wildman–Crippen MR) is 224 cm³/mol. The lowest BCUT2D eigenvalue weighted by Gasteiger charge is -2.13. The van der Waals surface area contributed by atoms with Crippen molar-refractivity contribution in [3.8, 4) is 79.3 Å². The van der Waals surface area contributed by atoms with E-state index in [0.29, 0.717) is 17.5 Å². The second kappa shape index (κ2) is 14.2. The summed E-state index contributed by atoms with van der Waals surface area (Å²) in [6.07, 6.45) is 3.58. The zero-order valence-electron chi connectivity index (χ0n) is 30.0. The largest absolute Gasteiger partial charge is 0.255 e. The average Bonchev–Trinajstić information content (AvgIpc) is 3.29. The van der Waals surface area contributed by atoms with Gasteiger partial charge in [-0.2, -0.15) is 0 Å². The van der Waals surface area contributed by atoms with E-state index in [-0.39, 0.29) is 0 Å².